The number of likely N-dealkylation sites (N-methyl/N-ethyl adjacent to an activating group) is 1. The number of nitrogens with two attached hydrogens (primary N) is 1. The van der Waals surface area contributed by atoms with Crippen molar-refractivity contribution in [2.75, 3.05) is 7.05 Å². The Hall–Kier alpha value is -1.56. The highest BCUT2D eigenvalue weighted by Crippen LogP contribution is 2.29. The molecule has 0 saturated heterocycles. The van der Waals surface area contributed by atoms with Crippen molar-refractivity contribution >= 4 is 5.91 Å². The molecule has 0 spiro atoms. The number of hydrogen-bond donors (Lipinski definition) is 1. The van der Waals surface area contributed by atoms with E-state index in [1.165, 1.54) is 17.0 Å². The number of carbonyl (C=O) groups is 1. The smallest absolute Gasteiger partial charge is 0.340 e. The summed E-state index contributed by atoms with van der Waals surface area (Å²) in [6.07, 6.45) is -4.34. The summed E-state index contributed by atoms with van der Waals surface area (Å²) in [6.45, 7) is 1.80. The summed E-state index contributed by atoms with van der Waals surface area (Å²) in [5.74, 6) is -0.255. The van der Waals surface area contributed by atoms with Gasteiger partial charge < -0.3 is 10.6 Å². The van der Waals surface area contributed by atoms with Crippen LogP contribution in [0.2, 0.25) is 0 Å². The van der Waals surface area contributed by atoms with E-state index in [1.807, 2.05) is 0 Å². The van der Waals surface area contributed by atoms with Gasteiger partial charge in [0.1, 0.15) is 0 Å². The van der Waals surface area contributed by atoms with Gasteiger partial charge in [-0.3, -0.25) is 4.79 Å². The molecule has 0 bridgehead atoms. The highest BCUT2D eigenvalue weighted by atomic mass is 19.4. The number of alkyl halides is 3. The molecular weight excluding hydrogens is 245 g/mol. The zero-order valence-electron chi connectivity index (χ0n) is 10.2. The Morgan fingerprint density at radius 1 is 1.33 bits per heavy atom. The minimum Gasteiger partial charge on any atom is -0.340 e. The summed E-state index contributed by atoms with van der Waals surface area (Å²) >= 11 is 0. The van der Waals surface area contributed by atoms with E-state index in [1.54, 1.807) is 14.0 Å². The predicted octanol–water partition coefficient (Wildman–Crippen LogP) is 2.01. The molecule has 0 saturated carbocycles. The van der Waals surface area contributed by atoms with Crippen LogP contribution in [0, 0.1) is 0 Å². The monoisotopic (exact) mass is 260 g/mol. The molecule has 0 aliphatic carbocycles. The van der Waals surface area contributed by atoms with Crippen LogP contribution in [0.3, 0.4) is 0 Å². The molecule has 3 nitrogen and oxygen atoms in total. The second kappa shape index (κ2) is 5.39. The Morgan fingerprint density at radius 3 is 2.22 bits per heavy atom. The standard InChI is InChI=1S/C12H15F3N2O/c1-8(16)11(18)17(2)7-9-3-5-10(6-4-9)12(13,14)15/h3-6,8H,7,16H2,1-2H3/t8-/m0/s1. The lowest BCUT2D eigenvalue weighted by molar-refractivity contribution is -0.137. The lowest BCUT2D eigenvalue weighted by Crippen LogP contribution is -2.39. The van der Waals surface area contributed by atoms with Gasteiger partial charge in [0.05, 0.1) is 11.6 Å². The lowest BCUT2D eigenvalue weighted by atomic mass is 10.1. The third-order valence-corrected chi connectivity index (χ3v) is 2.47. The molecule has 6 heteroatoms. The molecular formula is C12H15F3N2O. The van der Waals surface area contributed by atoms with Crippen molar-refractivity contribution in [2.24, 2.45) is 5.73 Å². The first kappa shape index (κ1) is 14.5. The van der Waals surface area contributed by atoms with Crippen LogP contribution in [0.25, 0.3) is 0 Å². The Kier molecular flexibility index (Phi) is 4.34. The van der Waals surface area contributed by atoms with Crippen LogP contribution in [-0.2, 0) is 17.5 Å². The number of benzene rings is 1. The summed E-state index contributed by atoms with van der Waals surface area (Å²) in [5.41, 5.74) is 5.35. The van der Waals surface area contributed by atoms with Gasteiger partial charge in [-0.15, -0.1) is 0 Å². The minimum absolute atomic E-state index is 0.235. The number of carbonyl (C=O) groups excluding carboxylic acids is 1. The molecule has 18 heavy (non-hydrogen) atoms. The van der Waals surface area contributed by atoms with Crippen molar-refractivity contribution in [3.8, 4) is 0 Å². The van der Waals surface area contributed by atoms with Crippen molar-refractivity contribution in [1.29, 1.82) is 0 Å². The molecule has 0 heterocycles. The normalized spacial score (nSPS) is 13.2. The fourth-order valence-corrected chi connectivity index (χ4v) is 1.50. The quantitative estimate of drug-likeness (QED) is 0.903. The van der Waals surface area contributed by atoms with Crippen molar-refractivity contribution in [3.63, 3.8) is 0 Å². The molecule has 100 valence electrons. The van der Waals surface area contributed by atoms with Crippen molar-refractivity contribution in [1.82, 2.24) is 4.90 Å². The van der Waals surface area contributed by atoms with E-state index in [9.17, 15) is 18.0 Å². The van der Waals surface area contributed by atoms with Gasteiger partial charge in [-0.2, -0.15) is 13.2 Å². The second-order valence-electron chi connectivity index (χ2n) is 4.18. The van der Waals surface area contributed by atoms with Crippen molar-refractivity contribution in [2.45, 2.75) is 25.7 Å². The number of rotatable bonds is 3. The fourth-order valence-electron chi connectivity index (χ4n) is 1.50. The summed E-state index contributed by atoms with van der Waals surface area (Å²) in [4.78, 5) is 12.9. The maximum Gasteiger partial charge on any atom is 0.416 e. The molecule has 1 atom stereocenters. The molecule has 1 aromatic rings. The third kappa shape index (κ3) is 3.73. The van der Waals surface area contributed by atoms with Gasteiger partial charge in [-0.05, 0) is 24.6 Å². The minimum atomic E-state index is -4.34. The van der Waals surface area contributed by atoms with Gasteiger partial charge in [0, 0.05) is 13.6 Å². The van der Waals surface area contributed by atoms with E-state index >= 15 is 0 Å². The van der Waals surface area contributed by atoms with Crippen LogP contribution < -0.4 is 5.73 Å². The van der Waals surface area contributed by atoms with Crippen LogP contribution in [0.15, 0.2) is 24.3 Å². The SMILES string of the molecule is C[C@H](N)C(=O)N(C)Cc1ccc(C(F)(F)F)cc1. The molecule has 0 fully saturated rings. The molecule has 1 rings (SSSR count). The highest BCUT2D eigenvalue weighted by Gasteiger charge is 2.29. The summed E-state index contributed by atoms with van der Waals surface area (Å²) in [7, 11) is 1.56. The van der Waals surface area contributed by atoms with Gasteiger partial charge in [0.25, 0.3) is 0 Å². The lowest BCUT2D eigenvalue weighted by Gasteiger charge is -2.19. The summed E-state index contributed by atoms with van der Waals surface area (Å²) < 4.78 is 37.0. The highest BCUT2D eigenvalue weighted by molar-refractivity contribution is 5.80. The van der Waals surface area contributed by atoms with E-state index in [4.69, 9.17) is 5.73 Å². The largest absolute Gasteiger partial charge is 0.416 e. The van der Waals surface area contributed by atoms with E-state index in [0.717, 1.165) is 12.1 Å². The molecule has 0 aliphatic rings. The molecule has 0 radical (unpaired) electrons. The molecule has 0 aromatic heterocycles. The second-order valence-corrected chi connectivity index (χ2v) is 4.18. The van der Waals surface area contributed by atoms with Gasteiger partial charge in [0.15, 0.2) is 0 Å². The van der Waals surface area contributed by atoms with E-state index in [-0.39, 0.29) is 12.5 Å². The Morgan fingerprint density at radius 2 is 1.83 bits per heavy atom. The topological polar surface area (TPSA) is 46.3 Å². The Balaban J connectivity index is 2.73. The van der Waals surface area contributed by atoms with E-state index in [2.05, 4.69) is 0 Å². The van der Waals surface area contributed by atoms with Crippen LogP contribution >= 0.6 is 0 Å². The number of nitrogens with zero attached hydrogens (tertiary/aromatic N) is 1. The summed E-state index contributed by atoms with van der Waals surface area (Å²) in [6, 6.07) is 4.09. The van der Waals surface area contributed by atoms with Gasteiger partial charge in [-0.25, -0.2) is 0 Å². The van der Waals surface area contributed by atoms with Crippen molar-refractivity contribution < 1.29 is 18.0 Å². The molecule has 1 amide bonds. The Bertz CT molecular complexity index is 412. The Labute approximate surface area is 103 Å². The maximum atomic E-state index is 12.3. The van der Waals surface area contributed by atoms with Gasteiger partial charge in [-0.1, -0.05) is 12.1 Å². The first-order chi connectivity index (χ1) is 8.21. The number of halogens is 3. The van der Waals surface area contributed by atoms with Crippen molar-refractivity contribution in [3.05, 3.63) is 35.4 Å². The molecule has 2 N–H and O–H groups in total. The molecule has 0 unspecified atom stereocenters. The van der Waals surface area contributed by atoms with Gasteiger partial charge in [0.2, 0.25) is 5.91 Å². The van der Waals surface area contributed by atoms with Gasteiger partial charge >= 0.3 is 6.18 Å². The first-order valence-electron chi connectivity index (χ1n) is 5.38. The van der Waals surface area contributed by atoms with E-state index in [0.29, 0.717) is 5.56 Å². The van der Waals surface area contributed by atoms with Crippen LogP contribution in [0.4, 0.5) is 13.2 Å². The molecule has 1 aromatic carbocycles. The van der Waals surface area contributed by atoms with Crippen LogP contribution in [0.5, 0.6) is 0 Å². The first-order valence-corrected chi connectivity index (χ1v) is 5.38. The number of hydrogen-bond acceptors (Lipinski definition) is 2. The predicted molar refractivity (Wildman–Crippen MR) is 61.6 cm³/mol. The zero-order valence-corrected chi connectivity index (χ0v) is 10.2. The summed E-state index contributed by atoms with van der Waals surface area (Å²) in [5, 5.41) is 0. The zero-order chi connectivity index (χ0) is 13.9. The number of amides is 1. The van der Waals surface area contributed by atoms with Crippen LogP contribution in [0.1, 0.15) is 18.1 Å². The fraction of sp³-hybridized carbons (Fsp3) is 0.417. The van der Waals surface area contributed by atoms with Crippen LogP contribution in [-0.4, -0.2) is 23.9 Å². The molecule has 0 aliphatic heterocycles. The third-order valence-electron chi connectivity index (χ3n) is 2.47. The average molecular weight is 260 g/mol. The average Bonchev–Trinajstić information content (AvgIpc) is 2.27. The maximum absolute atomic E-state index is 12.3. The van der Waals surface area contributed by atoms with E-state index < -0.39 is 17.8 Å².